The Bertz CT molecular complexity index is 430. The van der Waals surface area contributed by atoms with Gasteiger partial charge in [-0.25, -0.2) is 4.98 Å². The lowest BCUT2D eigenvalue weighted by atomic mass is 10.1. The number of hydrogen-bond acceptors (Lipinski definition) is 5. The summed E-state index contributed by atoms with van der Waals surface area (Å²) in [5.74, 6) is 0.304. The second-order valence-electron chi connectivity index (χ2n) is 5.32. The van der Waals surface area contributed by atoms with Crippen LogP contribution in [0.5, 0.6) is 0 Å². The van der Waals surface area contributed by atoms with E-state index in [1.54, 1.807) is 0 Å². The van der Waals surface area contributed by atoms with Crippen LogP contribution in [0.3, 0.4) is 0 Å². The van der Waals surface area contributed by atoms with Crippen molar-refractivity contribution in [2.24, 2.45) is 0 Å². The van der Waals surface area contributed by atoms with Gasteiger partial charge in [0.25, 0.3) is 0 Å². The highest BCUT2D eigenvalue weighted by Crippen LogP contribution is 2.31. The molecule has 1 atom stereocenters. The molecule has 2 rings (SSSR count). The standard InChI is InChI=1S/C13H21N3OS/c1-9(2)12-11(8-17)18-13(14-12)16-6-5-15(4)7-10(16)3/h8-10H,5-7H2,1-4H3. The highest BCUT2D eigenvalue weighted by Gasteiger charge is 2.25. The van der Waals surface area contributed by atoms with Crippen LogP contribution in [0, 0.1) is 0 Å². The molecule has 0 amide bonds. The van der Waals surface area contributed by atoms with Crippen LogP contribution in [-0.2, 0) is 0 Å². The summed E-state index contributed by atoms with van der Waals surface area (Å²) in [6.07, 6.45) is 0.942. The van der Waals surface area contributed by atoms with Crippen molar-refractivity contribution < 1.29 is 4.79 Å². The maximum Gasteiger partial charge on any atom is 0.186 e. The van der Waals surface area contributed by atoms with E-state index >= 15 is 0 Å². The fourth-order valence-electron chi connectivity index (χ4n) is 2.38. The van der Waals surface area contributed by atoms with E-state index in [0.717, 1.165) is 41.6 Å². The topological polar surface area (TPSA) is 36.4 Å². The lowest BCUT2D eigenvalue weighted by molar-refractivity contribution is 0.112. The molecule has 1 aromatic heterocycles. The van der Waals surface area contributed by atoms with Gasteiger partial charge in [-0.3, -0.25) is 4.79 Å². The first kappa shape index (κ1) is 13.5. The minimum absolute atomic E-state index is 0.304. The third-order valence-corrected chi connectivity index (χ3v) is 4.43. The normalized spacial score (nSPS) is 21.6. The lowest BCUT2D eigenvalue weighted by Crippen LogP contribution is -2.50. The fourth-order valence-corrected chi connectivity index (χ4v) is 3.54. The van der Waals surface area contributed by atoms with Gasteiger partial charge in [0.1, 0.15) is 0 Å². The highest BCUT2D eigenvalue weighted by molar-refractivity contribution is 7.17. The zero-order valence-electron chi connectivity index (χ0n) is 11.5. The van der Waals surface area contributed by atoms with E-state index in [4.69, 9.17) is 0 Å². The summed E-state index contributed by atoms with van der Waals surface area (Å²) in [5.41, 5.74) is 0.941. The Kier molecular flexibility index (Phi) is 4.02. The summed E-state index contributed by atoms with van der Waals surface area (Å²) in [4.78, 5) is 21.2. The molecular formula is C13H21N3OS. The molecule has 100 valence electrons. The van der Waals surface area contributed by atoms with Crippen LogP contribution >= 0.6 is 11.3 Å². The largest absolute Gasteiger partial charge is 0.343 e. The van der Waals surface area contributed by atoms with E-state index in [9.17, 15) is 4.79 Å². The van der Waals surface area contributed by atoms with Gasteiger partial charge in [-0.1, -0.05) is 25.2 Å². The number of nitrogens with zero attached hydrogens (tertiary/aromatic N) is 3. The number of likely N-dealkylation sites (N-methyl/N-ethyl adjacent to an activating group) is 1. The van der Waals surface area contributed by atoms with Gasteiger partial charge < -0.3 is 9.80 Å². The molecule has 4 nitrogen and oxygen atoms in total. The monoisotopic (exact) mass is 267 g/mol. The molecule has 5 heteroatoms. The first-order valence-electron chi connectivity index (χ1n) is 6.44. The number of hydrogen-bond donors (Lipinski definition) is 0. The summed E-state index contributed by atoms with van der Waals surface area (Å²) in [5, 5.41) is 1.00. The molecule has 18 heavy (non-hydrogen) atoms. The number of carbonyl (C=O) groups excluding carboxylic acids is 1. The maximum atomic E-state index is 11.1. The van der Waals surface area contributed by atoms with E-state index in [1.807, 2.05) is 0 Å². The second kappa shape index (κ2) is 5.36. The number of aldehydes is 1. The van der Waals surface area contributed by atoms with Crippen LogP contribution in [0.1, 0.15) is 42.1 Å². The fraction of sp³-hybridized carbons (Fsp3) is 0.692. The number of aromatic nitrogens is 1. The molecule has 0 radical (unpaired) electrons. The van der Waals surface area contributed by atoms with Crippen LogP contribution in [0.2, 0.25) is 0 Å². The van der Waals surface area contributed by atoms with Gasteiger partial charge >= 0.3 is 0 Å². The summed E-state index contributed by atoms with van der Waals surface area (Å²) < 4.78 is 0. The Balaban J connectivity index is 2.25. The van der Waals surface area contributed by atoms with Gasteiger partial charge in [0.15, 0.2) is 11.4 Å². The van der Waals surface area contributed by atoms with Gasteiger partial charge in [-0.05, 0) is 19.9 Å². The van der Waals surface area contributed by atoms with Crippen LogP contribution < -0.4 is 4.90 Å². The summed E-state index contributed by atoms with van der Waals surface area (Å²) in [6, 6.07) is 0.453. The predicted molar refractivity (Wildman–Crippen MR) is 75.9 cm³/mol. The molecule has 0 N–H and O–H groups in total. The predicted octanol–water partition coefficient (Wildman–Crippen LogP) is 2.22. The van der Waals surface area contributed by atoms with E-state index in [0.29, 0.717) is 12.0 Å². The van der Waals surface area contributed by atoms with Crippen molar-refractivity contribution >= 4 is 22.8 Å². The number of anilines is 1. The SMILES string of the molecule is CC(C)c1nc(N2CCN(C)CC2C)sc1C=O. The molecule has 0 aromatic carbocycles. The number of rotatable bonds is 3. The molecule has 1 aliphatic heterocycles. The third kappa shape index (κ3) is 2.57. The van der Waals surface area contributed by atoms with E-state index in [1.165, 1.54) is 11.3 Å². The highest BCUT2D eigenvalue weighted by atomic mass is 32.1. The summed E-state index contributed by atoms with van der Waals surface area (Å²) in [6.45, 7) is 9.47. The Morgan fingerprint density at radius 2 is 2.17 bits per heavy atom. The molecular weight excluding hydrogens is 246 g/mol. The van der Waals surface area contributed by atoms with Crippen molar-refractivity contribution in [3.63, 3.8) is 0 Å². The quantitative estimate of drug-likeness (QED) is 0.787. The molecule has 1 aliphatic rings. The molecule has 1 saturated heterocycles. The van der Waals surface area contributed by atoms with E-state index < -0.39 is 0 Å². The Morgan fingerprint density at radius 3 is 2.67 bits per heavy atom. The van der Waals surface area contributed by atoms with Crippen LogP contribution in [0.15, 0.2) is 0 Å². The van der Waals surface area contributed by atoms with Crippen molar-refractivity contribution in [2.45, 2.75) is 32.7 Å². The maximum absolute atomic E-state index is 11.1. The molecule has 2 heterocycles. The molecule has 0 saturated carbocycles. The molecule has 1 fully saturated rings. The van der Waals surface area contributed by atoms with Crippen molar-refractivity contribution in [3.05, 3.63) is 10.6 Å². The summed E-state index contributed by atoms with van der Waals surface area (Å²) >= 11 is 1.53. The van der Waals surface area contributed by atoms with E-state index in [-0.39, 0.29) is 0 Å². The molecule has 0 spiro atoms. The number of thiazole rings is 1. The number of carbonyl (C=O) groups is 1. The van der Waals surface area contributed by atoms with Gasteiger partial charge in [0.2, 0.25) is 0 Å². The molecule has 0 bridgehead atoms. The van der Waals surface area contributed by atoms with Gasteiger partial charge in [0.05, 0.1) is 10.6 Å². The van der Waals surface area contributed by atoms with E-state index in [2.05, 4.69) is 42.6 Å². The van der Waals surface area contributed by atoms with Crippen LogP contribution in [-0.4, -0.2) is 48.9 Å². The zero-order valence-corrected chi connectivity index (χ0v) is 12.3. The molecule has 0 aliphatic carbocycles. The Labute approximate surface area is 113 Å². The average Bonchev–Trinajstić information content (AvgIpc) is 2.73. The molecule has 1 aromatic rings. The van der Waals surface area contributed by atoms with Crippen molar-refractivity contribution in [2.75, 3.05) is 31.6 Å². The lowest BCUT2D eigenvalue weighted by Gasteiger charge is -2.38. The Hall–Kier alpha value is -0.940. The Morgan fingerprint density at radius 1 is 1.44 bits per heavy atom. The zero-order chi connectivity index (χ0) is 13.3. The summed E-state index contributed by atoms with van der Waals surface area (Å²) in [7, 11) is 2.14. The van der Waals surface area contributed by atoms with Gasteiger partial charge in [-0.2, -0.15) is 0 Å². The minimum Gasteiger partial charge on any atom is -0.343 e. The third-order valence-electron chi connectivity index (χ3n) is 3.40. The number of piperazine rings is 1. The van der Waals surface area contributed by atoms with Crippen molar-refractivity contribution in [1.82, 2.24) is 9.88 Å². The smallest absolute Gasteiger partial charge is 0.186 e. The van der Waals surface area contributed by atoms with Crippen LogP contribution in [0.25, 0.3) is 0 Å². The first-order chi connectivity index (χ1) is 8.52. The minimum atomic E-state index is 0.304. The van der Waals surface area contributed by atoms with Gasteiger partial charge in [0, 0.05) is 25.7 Å². The average molecular weight is 267 g/mol. The van der Waals surface area contributed by atoms with Crippen LogP contribution in [0.4, 0.5) is 5.13 Å². The molecule has 1 unspecified atom stereocenters. The van der Waals surface area contributed by atoms with Crippen molar-refractivity contribution in [3.8, 4) is 0 Å². The van der Waals surface area contributed by atoms with Gasteiger partial charge in [-0.15, -0.1) is 0 Å². The second-order valence-corrected chi connectivity index (χ2v) is 6.33. The van der Waals surface area contributed by atoms with Crippen molar-refractivity contribution in [1.29, 1.82) is 0 Å². The first-order valence-corrected chi connectivity index (χ1v) is 7.25.